The van der Waals surface area contributed by atoms with Crippen LogP contribution in [0.1, 0.15) is 23.1 Å². The Morgan fingerprint density at radius 3 is 2.25 bits per heavy atom. The first-order chi connectivity index (χ1) is 15.3. The minimum atomic E-state index is -3.93. The van der Waals surface area contributed by atoms with Gasteiger partial charge in [-0.25, -0.2) is 9.55 Å². The zero-order valence-corrected chi connectivity index (χ0v) is 17.8. The molecule has 0 aliphatic rings. The minimum Gasteiger partial charge on any atom is -0.379 e. The third-order valence-corrected chi connectivity index (χ3v) is 5.92. The molecule has 0 aliphatic carbocycles. The second kappa shape index (κ2) is 8.60. The average molecular weight is 446 g/mol. The summed E-state index contributed by atoms with van der Waals surface area (Å²) in [6, 6.07) is 21.0. The van der Waals surface area contributed by atoms with Crippen molar-refractivity contribution in [3.05, 3.63) is 101 Å². The number of rotatable bonds is 5. The maximum Gasteiger partial charge on any atom is 0.339 e. The monoisotopic (exact) mass is 446 g/mol. The molecule has 0 saturated heterocycles. The molecule has 1 heterocycles. The van der Waals surface area contributed by atoms with Crippen molar-refractivity contribution in [2.45, 2.75) is 11.8 Å². The Labute approximate surface area is 184 Å². The highest BCUT2D eigenvalue weighted by atomic mass is 32.2. The summed E-state index contributed by atoms with van der Waals surface area (Å²) in [5, 5.41) is 0.362. The molecule has 4 rings (SSSR count). The number of aromatic nitrogens is 2. The van der Waals surface area contributed by atoms with E-state index in [1.54, 1.807) is 66.7 Å². The number of para-hydroxylation sites is 1. The van der Waals surface area contributed by atoms with Crippen molar-refractivity contribution in [3.63, 3.8) is 0 Å². The first-order valence-electron chi connectivity index (χ1n) is 9.65. The molecule has 0 amide bonds. The number of benzene rings is 3. The first kappa shape index (κ1) is 21.2. The molecule has 0 saturated carbocycles. The SMILES string of the molecule is CC(=O)n1c(C=Cc2ccc(OS(=O)(=O)c3ccccc3)cc2)nc2ccccc2c1=O. The van der Waals surface area contributed by atoms with E-state index in [1.807, 2.05) is 0 Å². The van der Waals surface area contributed by atoms with Crippen LogP contribution in [0.4, 0.5) is 0 Å². The number of hydrogen-bond acceptors (Lipinski definition) is 6. The smallest absolute Gasteiger partial charge is 0.339 e. The molecule has 8 heteroatoms. The largest absolute Gasteiger partial charge is 0.379 e. The van der Waals surface area contributed by atoms with Crippen molar-refractivity contribution < 1.29 is 17.4 Å². The van der Waals surface area contributed by atoms with Crippen LogP contribution in [0.2, 0.25) is 0 Å². The summed E-state index contributed by atoms with van der Waals surface area (Å²) in [6.45, 7) is 1.30. The fraction of sp³-hybridized carbons (Fsp3) is 0.0417. The second-order valence-electron chi connectivity index (χ2n) is 6.90. The summed E-state index contributed by atoms with van der Waals surface area (Å²) in [4.78, 5) is 29.2. The summed E-state index contributed by atoms with van der Waals surface area (Å²) in [5.74, 6) is -0.0774. The molecule has 32 heavy (non-hydrogen) atoms. The Morgan fingerprint density at radius 1 is 0.906 bits per heavy atom. The van der Waals surface area contributed by atoms with Crippen LogP contribution in [-0.2, 0) is 10.1 Å². The zero-order valence-electron chi connectivity index (χ0n) is 17.0. The number of fused-ring (bicyclic) bond motifs is 1. The molecule has 0 N–H and O–H groups in total. The third kappa shape index (κ3) is 4.35. The maximum atomic E-state index is 12.7. The van der Waals surface area contributed by atoms with Gasteiger partial charge in [0.05, 0.1) is 10.9 Å². The van der Waals surface area contributed by atoms with Crippen LogP contribution in [0.25, 0.3) is 23.1 Å². The van der Waals surface area contributed by atoms with E-state index in [2.05, 4.69) is 4.98 Å². The van der Waals surface area contributed by atoms with Gasteiger partial charge in [-0.2, -0.15) is 8.42 Å². The summed E-state index contributed by atoms with van der Waals surface area (Å²) in [5.41, 5.74) is 0.758. The lowest BCUT2D eigenvalue weighted by Crippen LogP contribution is -2.28. The van der Waals surface area contributed by atoms with Crippen molar-refractivity contribution in [3.8, 4) is 5.75 Å². The highest BCUT2D eigenvalue weighted by Gasteiger charge is 2.16. The van der Waals surface area contributed by atoms with Gasteiger partial charge in [-0.3, -0.25) is 9.59 Å². The molecule has 160 valence electrons. The van der Waals surface area contributed by atoms with Gasteiger partial charge in [-0.1, -0.05) is 48.5 Å². The van der Waals surface area contributed by atoms with E-state index in [1.165, 1.54) is 31.2 Å². The topological polar surface area (TPSA) is 95.3 Å². The van der Waals surface area contributed by atoms with Crippen LogP contribution >= 0.6 is 0 Å². The predicted octanol–water partition coefficient (Wildman–Crippen LogP) is 3.99. The molecule has 0 unspecified atom stereocenters. The molecule has 0 atom stereocenters. The van der Waals surface area contributed by atoms with Gasteiger partial charge in [-0.05, 0) is 48.0 Å². The zero-order chi connectivity index (χ0) is 22.7. The van der Waals surface area contributed by atoms with E-state index >= 15 is 0 Å². The highest BCUT2D eigenvalue weighted by molar-refractivity contribution is 7.87. The molecule has 0 bridgehead atoms. The molecule has 0 fully saturated rings. The van der Waals surface area contributed by atoms with Gasteiger partial charge in [-0.15, -0.1) is 0 Å². The second-order valence-corrected chi connectivity index (χ2v) is 8.45. The Balaban J connectivity index is 1.61. The normalized spacial score (nSPS) is 11.7. The van der Waals surface area contributed by atoms with Gasteiger partial charge in [0.15, 0.2) is 0 Å². The lowest BCUT2D eigenvalue weighted by Gasteiger charge is -2.08. The lowest BCUT2D eigenvalue weighted by atomic mass is 10.2. The van der Waals surface area contributed by atoms with Crippen molar-refractivity contribution >= 4 is 39.1 Å². The predicted molar refractivity (Wildman–Crippen MR) is 122 cm³/mol. The molecule has 1 aromatic heterocycles. The Morgan fingerprint density at radius 2 is 1.56 bits per heavy atom. The molecule has 0 spiro atoms. The van der Waals surface area contributed by atoms with Crippen molar-refractivity contribution in [2.24, 2.45) is 0 Å². The quantitative estimate of drug-likeness (QED) is 0.430. The number of carbonyl (C=O) groups is 1. The Bertz CT molecular complexity index is 1490. The average Bonchev–Trinajstić information content (AvgIpc) is 2.79. The molecule has 3 aromatic carbocycles. The standard InChI is InChI=1S/C24H18N2O5S/c1-17(27)26-23(25-22-10-6-5-9-21(22)24(26)28)16-13-18-11-14-19(15-12-18)31-32(29,30)20-7-3-2-4-8-20/h2-16H,1H3. The van der Waals surface area contributed by atoms with Crippen LogP contribution < -0.4 is 9.74 Å². The van der Waals surface area contributed by atoms with E-state index in [4.69, 9.17) is 4.18 Å². The minimum absolute atomic E-state index is 0.0635. The van der Waals surface area contributed by atoms with E-state index in [0.29, 0.717) is 16.5 Å². The molecule has 7 nitrogen and oxygen atoms in total. The van der Waals surface area contributed by atoms with Gasteiger partial charge >= 0.3 is 10.1 Å². The first-order valence-corrected chi connectivity index (χ1v) is 11.1. The summed E-state index contributed by atoms with van der Waals surface area (Å²) < 4.78 is 30.8. The highest BCUT2D eigenvalue weighted by Crippen LogP contribution is 2.20. The molecular formula is C24H18N2O5S. The van der Waals surface area contributed by atoms with Crippen LogP contribution in [-0.4, -0.2) is 23.9 Å². The fourth-order valence-electron chi connectivity index (χ4n) is 3.13. The number of carbonyl (C=O) groups excluding carboxylic acids is 1. The lowest BCUT2D eigenvalue weighted by molar-refractivity contribution is 0.0931. The summed E-state index contributed by atoms with van der Waals surface area (Å²) in [6.07, 6.45) is 3.23. The third-order valence-electron chi connectivity index (χ3n) is 4.66. The van der Waals surface area contributed by atoms with Crippen molar-refractivity contribution in [1.82, 2.24) is 9.55 Å². The summed E-state index contributed by atoms with van der Waals surface area (Å²) in [7, 11) is -3.93. The molecule has 0 radical (unpaired) electrons. The van der Waals surface area contributed by atoms with Crippen molar-refractivity contribution in [2.75, 3.05) is 0 Å². The maximum absolute atomic E-state index is 12.7. The van der Waals surface area contributed by atoms with E-state index in [9.17, 15) is 18.0 Å². The molecule has 4 aromatic rings. The van der Waals surface area contributed by atoms with E-state index in [0.717, 1.165) is 4.57 Å². The molecule has 0 aliphatic heterocycles. The summed E-state index contributed by atoms with van der Waals surface area (Å²) >= 11 is 0. The van der Waals surface area contributed by atoms with E-state index in [-0.39, 0.29) is 16.5 Å². The Kier molecular flexibility index (Phi) is 5.70. The Hall–Kier alpha value is -4.04. The van der Waals surface area contributed by atoms with Crippen LogP contribution in [0, 0.1) is 0 Å². The van der Waals surface area contributed by atoms with Crippen LogP contribution in [0.15, 0.2) is 88.6 Å². The van der Waals surface area contributed by atoms with Gasteiger partial charge in [0.25, 0.3) is 5.56 Å². The van der Waals surface area contributed by atoms with Gasteiger partial charge in [0.2, 0.25) is 5.91 Å². The number of nitrogens with zero attached hydrogens (tertiary/aromatic N) is 2. The van der Waals surface area contributed by atoms with Gasteiger partial charge in [0.1, 0.15) is 16.5 Å². The van der Waals surface area contributed by atoms with Crippen LogP contribution in [0.5, 0.6) is 5.75 Å². The van der Waals surface area contributed by atoms with Gasteiger partial charge in [0, 0.05) is 6.92 Å². The van der Waals surface area contributed by atoms with E-state index < -0.39 is 21.6 Å². The molecular weight excluding hydrogens is 428 g/mol. The van der Waals surface area contributed by atoms with Gasteiger partial charge < -0.3 is 4.18 Å². The van der Waals surface area contributed by atoms with Crippen LogP contribution in [0.3, 0.4) is 0 Å². The number of hydrogen-bond donors (Lipinski definition) is 0. The fourth-order valence-corrected chi connectivity index (χ4v) is 4.08. The van der Waals surface area contributed by atoms with Crippen molar-refractivity contribution in [1.29, 1.82) is 0 Å².